The summed E-state index contributed by atoms with van der Waals surface area (Å²) in [5.41, 5.74) is 0.344. The van der Waals surface area contributed by atoms with Gasteiger partial charge in [0.25, 0.3) is 0 Å². The maximum Gasteiger partial charge on any atom is 0.150 e. The van der Waals surface area contributed by atoms with Crippen LogP contribution in [-0.4, -0.2) is 27.7 Å². The van der Waals surface area contributed by atoms with E-state index in [4.69, 9.17) is 0 Å². The van der Waals surface area contributed by atoms with Crippen LogP contribution in [0.4, 0.5) is 0 Å². The molecule has 2 fully saturated rings. The maximum atomic E-state index is 12.5. The highest BCUT2D eigenvalue weighted by Crippen LogP contribution is 2.66. The molecule has 0 saturated heterocycles. The topological polar surface area (TPSA) is 29.4 Å². The summed E-state index contributed by atoms with van der Waals surface area (Å²) in [7, 11) is 0. The first-order valence-electron chi connectivity index (χ1n) is 6.34. The zero-order valence-electron chi connectivity index (χ0n) is 10.7. The van der Waals surface area contributed by atoms with Gasteiger partial charge in [-0.05, 0) is 23.7 Å². The van der Waals surface area contributed by atoms with Crippen LogP contribution < -0.4 is 0 Å². The Morgan fingerprint density at radius 3 is 2.71 bits per heavy atom. The summed E-state index contributed by atoms with van der Waals surface area (Å²) in [5.74, 6) is 1.87. The maximum absolute atomic E-state index is 12.5. The van der Waals surface area contributed by atoms with Gasteiger partial charge in [-0.3, -0.25) is 9.79 Å². The highest BCUT2D eigenvalue weighted by molar-refractivity contribution is 8.39. The fraction of sp³-hybridized carbons (Fsp3) is 0.846. The lowest BCUT2D eigenvalue weighted by Crippen LogP contribution is -2.36. The number of thioether (sulfide) groups is 2. The van der Waals surface area contributed by atoms with Gasteiger partial charge in [-0.2, -0.15) is 0 Å². The molecule has 2 aliphatic carbocycles. The van der Waals surface area contributed by atoms with Crippen molar-refractivity contribution in [2.75, 3.05) is 12.3 Å². The second-order valence-corrected chi connectivity index (χ2v) is 8.56. The number of rotatable bonds is 1. The van der Waals surface area contributed by atoms with Gasteiger partial charge in [-0.1, -0.05) is 44.3 Å². The van der Waals surface area contributed by atoms with Crippen LogP contribution in [0.5, 0.6) is 0 Å². The Morgan fingerprint density at radius 2 is 2.18 bits per heavy atom. The fourth-order valence-electron chi connectivity index (χ4n) is 3.66. The van der Waals surface area contributed by atoms with E-state index in [2.05, 4.69) is 25.8 Å². The molecule has 2 saturated carbocycles. The summed E-state index contributed by atoms with van der Waals surface area (Å²) in [6, 6.07) is 0. The van der Waals surface area contributed by atoms with E-state index in [9.17, 15) is 4.79 Å². The van der Waals surface area contributed by atoms with Crippen molar-refractivity contribution >= 4 is 33.7 Å². The van der Waals surface area contributed by atoms with Crippen LogP contribution in [0, 0.1) is 16.7 Å². The van der Waals surface area contributed by atoms with Crippen LogP contribution in [0.15, 0.2) is 4.99 Å². The molecule has 0 aromatic heterocycles. The minimum absolute atomic E-state index is 0.153. The molecular formula is C13H19NOS2. The van der Waals surface area contributed by atoms with Crippen LogP contribution in [0.25, 0.3) is 0 Å². The molecular weight excluding hydrogens is 250 g/mol. The minimum Gasteiger partial charge on any atom is -0.298 e. The third kappa shape index (κ3) is 1.49. The first-order valence-corrected chi connectivity index (χ1v) is 8.21. The summed E-state index contributed by atoms with van der Waals surface area (Å²) in [6.45, 7) is 7.81. The first kappa shape index (κ1) is 12.1. The molecule has 94 valence electrons. The molecule has 0 N–H and O–H groups in total. The molecule has 3 atom stereocenters. The third-order valence-corrected chi connectivity index (χ3v) is 7.98. The Labute approximate surface area is 111 Å². The number of ketones is 1. The molecule has 0 unspecified atom stereocenters. The van der Waals surface area contributed by atoms with Gasteiger partial charge in [0.2, 0.25) is 0 Å². The lowest BCUT2D eigenvalue weighted by molar-refractivity contribution is -0.122. The number of carbonyl (C=O) groups is 1. The van der Waals surface area contributed by atoms with E-state index >= 15 is 0 Å². The van der Waals surface area contributed by atoms with Gasteiger partial charge in [0.15, 0.2) is 0 Å². The van der Waals surface area contributed by atoms with Gasteiger partial charge in [-0.15, -0.1) is 0 Å². The molecule has 4 heteroatoms. The van der Waals surface area contributed by atoms with Crippen LogP contribution in [0.3, 0.4) is 0 Å². The molecule has 2 bridgehead atoms. The third-order valence-electron chi connectivity index (χ3n) is 5.25. The van der Waals surface area contributed by atoms with Crippen LogP contribution in [0.1, 0.15) is 33.6 Å². The Morgan fingerprint density at radius 1 is 1.41 bits per heavy atom. The van der Waals surface area contributed by atoms with Crippen molar-refractivity contribution in [1.29, 1.82) is 0 Å². The van der Waals surface area contributed by atoms with E-state index in [1.54, 1.807) is 11.8 Å². The standard InChI is InChI=1S/C13H19NOS2/c1-12(2)8-4-5-13(12,3)10(9(8)15)17-11-14-6-7-16-11/h8,10H,4-7H2,1-3H3/t8-,10+,13+/m0/s1. The zero-order chi connectivity index (χ0) is 12.3. The average molecular weight is 269 g/mol. The predicted molar refractivity (Wildman–Crippen MR) is 75.8 cm³/mol. The molecule has 0 spiro atoms. The van der Waals surface area contributed by atoms with Crippen molar-refractivity contribution in [3.05, 3.63) is 0 Å². The van der Waals surface area contributed by atoms with Gasteiger partial charge < -0.3 is 0 Å². The number of aliphatic imine (C=N–C) groups is 1. The van der Waals surface area contributed by atoms with Crippen molar-refractivity contribution in [2.45, 2.75) is 38.9 Å². The van der Waals surface area contributed by atoms with Gasteiger partial charge in [-0.25, -0.2) is 0 Å². The van der Waals surface area contributed by atoms with Crippen LogP contribution in [0.2, 0.25) is 0 Å². The number of fused-ring (bicyclic) bond motifs is 2. The van der Waals surface area contributed by atoms with Gasteiger partial charge in [0, 0.05) is 11.7 Å². The summed E-state index contributed by atoms with van der Waals surface area (Å²) >= 11 is 3.57. The molecule has 17 heavy (non-hydrogen) atoms. The number of hydrogen-bond acceptors (Lipinski definition) is 4. The number of nitrogens with zero attached hydrogens (tertiary/aromatic N) is 1. The molecule has 1 heterocycles. The normalized spacial score (nSPS) is 43.2. The number of Topliss-reactive ketones (excluding diaryl/α,β-unsaturated/α-hetero) is 1. The molecule has 0 aromatic carbocycles. The molecule has 2 nitrogen and oxygen atoms in total. The lowest BCUT2D eigenvalue weighted by Gasteiger charge is -2.37. The van der Waals surface area contributed by atoms with Crippen molar-refractivity contribution < 1.29 is 4.79 Å². The van der Waals surface area contributed by atoms with E-state index < -0.39 is 0 Å². The summed E-state index contributed by atoms with van der Waals surface area (Å²) in [6.07, 6.45) is 2.30. The lowest BCUT2D eigenvalue weighted by atomic mass is 9.71. The number of carbonyl (C=O) groups excluding carboxylic acids is 1. The fourth-order valence-corrected chi connectivity index (χ4v) is 6.34. The predicted octanol–water partition coefficient (Wildman–Crippen LogP) is 3.22. The molecule has 0 radical (unpaired) electrons. The summed E-state index contributed by atoms with van der Waals surface area (Å²) in [5, 5.41) is 0.153. The SMILES string of the molecule is CC1(C)[C@H]2CC[C@]1(C)[C@H](SC1=NCCS1)C2=O. The van der Waals surface area contributed by atoms with E-state index in [1.807, 2.05) is 11.8 Å². The largest absolute Gasteiger partial charge is 0.298 e. The van der Waals surface area contributed by atoms with Crippen molar-refractivity contribution in [2.24, 2.45) is 21.7 Å². The van der Waals surface area contributed by atoms with Gasteiger partial charge in [0.1, 0.15) is 10.2 Å². The van der Waals surface area contributed by atoms with Crippen LogP contribution >= 0.6 is 23.5 Å². The van der Waals surface area contributed by atoms with Gasteiger partial charge >= 0.3 is 0 Å². The average Bonchev–Trinajstić information content (AvgIpc) is 2.86. The van der Waals surface area contributed by atoms with E-state index in [0.29, 0.717) is 5.78 Å². The minimum atomic E-state index is 0.153. The Hall–Kier alpha value is 0.0400. The quantitative estimate of drug-likeness (QED) is 0.732. The summed E-state index contributed by atoms with van der Waals surface area (Å²) in [4.78, 5) is 17.0. The van der Waals surface area contributed by atoms with E-state index in [1.165, 1.54) is 6.42 Å². The first-order chi connectivity index (χ1) is 7.97. The Bertz CT molecular complexity index is 404. The van der Waals surface area contributed by atoms with E-state index in [-0.39, 0.29) is 22.0 Å². The monoisotopic (exact) mass is 269 g/mol. The Kier molecular flexibility index (Phi) is 2.68. The zero-order valence-corrected chi connectivity index (χ0v) is 12.3. The molecule has 0 aromatic rings. The molecule has 3 aliphatic rings. The second kappa shape index (κ2) is 3.77. The van der Waals surface area contributed by atoms with Gasteiger partial charge in [0.05, 0.1) is 11.8 Å². The molecule has 1 aliphatic heterocycles. The highest BCUT2D eigenvalue weighted by Gasteiger charge is 2.66. The van der Waals surface area contributed by atoms with Crippen molar-refractivity contribution in [3.63, 3.8) is 0 Å². The van der Waals surface area contributed by atoms with E-state index in [0.717, 1.165) is 23.1 Å². The van der Waals surface area contributed by atoms with Crippen LogP contribution in [-0.2, 0) is 4.79 Å². The second-order valence-electron chi connectivity index (χ2n) is 6.13. The van der Waals surface area contributed by atoms with Crippen molar-refractivity contribution in [3.8, 4) is 0 Å². The summed E-state index contributed by atoms with van der Waals surface area (Å²) < 4.78 is 1.15. The smallest absolute Gasteiger partial charge is 0.150 e. The highest BCUT2D eigenvalue weighted by atomic mass is 32.2. The molecule has 0 amide bonds. The Balaban J connectivity index is 1.88. The van der Waals surface area contributed by atoms with Crippen molar-refractivity contribution in [1.82, 2.24) is 0 Å². The molecule has 3 rings (SSSR count). The number of hydrogen-bond donors (Lipinski definition) is 0.